The van der Waals surface area contributed by atoms with Gasteiger partial charge in [-0.2, -0.15) is 4.31 Å². The normalized spacial score (nSPS) is 25.7. The molecular weight excluding hydrogens is 294 g/mol. The van der Waals surface area contributed by atoms with Gasteiger partial charge >= 0.3 is 0 Å². The van der Waals surface area contributed by atoms with Crippen LogP contribution in [0.25, 0.3) is 0 Å². The third kappa shape index (κ3) is 3.44. The maximum Gasteiger partial charge on any atom is 0.243 e. The van der Waals surface area contributed by atoms with Gasteiger partial charge in [-0.25, -0.2) is 8.42 Å². The summed E-state index contributed by atoms with van der Waals surface area (Å²) in [6.07, 6.45) is -1.23. The maximum absolute atomic E-state index is 12.7. The van der Waals surface area contributed by atoms with Gasteiger partial charge in [0.15, 0.2) is 0 Å². The monoisotopic (exact) mass is 315 g/mol. The number of nitrogens with zero attached hydrogens (tertiary/aromatic N) is 1. The van der Waals surface area contributed by atoms with Crippen LogP contribution in [-0.4, -0.2) is 54.8 Å². The van der Waals surface area contributed by atoms with Crippen LogP contribution in [0.3, 0.4) is 0 Å². The molecule has 118 valence electrons. The predicted octanol–water partition coefficient (Wildman–Crippen LogP) is 0.510. The topological polar surface area (TPSA) is 87.1 Å². The second-order valence-corrected chi connectivity index (χ2v) is 7.20. The van der Waals surface area contributed by atoms with Gasteiger partial charge in [0, 0.05) is 12.6 Å². The predicted molar refractivity (Wildman–Crippen MR) is 77.3 cm³/mol. The fourth-order valence-electron chi connectivity index (χ4n) is 2.31. The Hall–Kier alpha value is -0.990. The van der Waals surface area contributed by atoms with E-state index in [9.17, 15) is 13.5 Å². The number of ether oxygens (including phenoxy) is 1. The smallest absolute Gasteiger partial charge is 0.243 e. The van der Waals surface area contributed by atoms with Crippen molar-refractivity contribution in [2.24, 2.45) is 0 Å². The molecule has 2 N–H and O–H groups in total. The first kappa shape index (κ1) is 16.4. The van der Waals surface area contributed by atoms with E-state index in [0.717, 1.165) is 0 Å². The molecule has 3 atom stereocenters. The van der Waals surface area contributed by atoms with E-state index < -0.39 is 22.2 Å². The molecule has 1 aliphatic heterocycles. The number of hydrogen-bond donors (Lipinski definition) is 2. The van der Waals surface area contributed by atoms with E-state index in [-0.39, 0.29) is 30.7 Å². The summed E-state index contributed by atoms with van der Waals surface area (Å²) >= 11 is 0. The molecule has 1 saturated heterocycles. The molecule has 1 heterocycles. The van der Waals surface area contributed by atoms with Crippen molar-refractivity contribution >= 4 is 10.0 Å². The molecule has 3 unspecified atom stereocenters. The minimum absolute atomic E-state index is 0.124. The van der Waals surface area contributed by atoms with Crippen LogP contribution >= 0.6 is 0 Å². The van der Waals surface area contributed by atoms with Crippen LogP contribution in [0.15, 0.2) is 29.2 Å². The van der Waals surface area contributed by atoms with Gasteiger partial charge in [-0.3, -0.25) is 0 Å². The van der Waals surface area contributed by atoms with Crippen molar-refractivity contribution in [3.8, 4) is 0 Å². The SMILES string of the molecule is CC(O)c1cccc(S(=O)(=O)N2CC(CO)OCC2C)c1. The van der Waals surface area contributed by atoms with Crippen molar-refractivity contribution in [3.05, 3.63) is 29.8 Å². The fraction of sp³-hybridized carbons (Fsp3) is 0.571. The molecule has 0 bridgehead atoms. The molecule has 2 rings (SSSR count). The highest BCUT2D eigenvalue weighted by Crippen LogP contribution is 2.24. The van der Waals surface area contributed by atoms with Crippen LogP contribution in [0.5, 0.6) is 0 Å². The molecule has 0 amide bonds. The zero-order valence-electron chi connectivity index (χ0n) is 12.1. The number of rotatable bonds is 4. The van der Waals surface area contributed by atoms with Crippen molar-refractivity contribution in [2.75, 3.05) is 19.8 Å². The molecular formula is C14H21NO5S. The molecule has 0 aliphatic carbocycles. The standard InChI is InChI=1S/C14H21NO5S/c1-10-9-20-13(8-16)7-15(10)21(18,19)14-5-3-4-12(6-14)11(2)17/h3-6,10-11,13,16-17H,7-9H2,1-2H3. The Morgan fingerprint density at radius 3 is 2.81 bits per heavy atom. The highest BCUT2D eigenvalue weighted by molar-refractivity contribution is 7.89. The summed E-state index contributed by atoms with van der Waals surface area (Å²) in [6, 6.07) is 5.99. The lowest BCUT2D eigenvalue weighted by atomic mass is 10.1. The third-order valence-electron chi connectivity index (χ3n) is 3.60. The molecule has 0 radical (unpaired) electrons. The molecule has 0 spiro atoms. The second-order valence-electron chi connectivity index (χ2n) is 5.31. The van der Waals surface area contributed by atoms with Gasteiger partial charge in [0.2, 0.25) is 10.0 Å². The number of morpholine rings is 1. The van der Waals surface area contributed by atoms with Crippen molar-refractivity contribution < 1.29 is 23.4 Å². The highest BCUT2D eigenvalue weighted by Gasteiger charge is 2.35. The molecule has 21 heavy (non-hydrogen) atoms. The van der Waals surface area contributed by atoms with Crippen LogP contribution in [0.1, 0.15) is 25.5 Å². The first-order valence-electron chi connectivity index (χ1n) is 6.88. The quantitative estimate of drug-likeness (QED) is 0.845. The summed E-state index contributed by atoms with van der Waals surface area (Å²) in [5.74, 6) is 0. The van der Waals surface area contributed by atoms with Gasteiger partial charge in [0.1, 0.15) is 0 Å². The lowest BCUT2D eigenvalue weighted by molar-refractivity contribution is -0.0516. The minimum atomic E-state index is -3.68. The molecule has 0 saturated carbocycles. The van der Waals surface area contributed by atoms with Crippen molar-refractivity contribution in [1.82, 2.24) is 4.31 Å². The zero-order valence-corrected chi connectivity index (χ0v) is 13.0. The van der Waals surface area contributed by atoms with Gasteiger partial charge in [0.25, 0.3) is 0 Å². The van der Waals surface area contributed by atoms with Gasteiger partial charge in [-0.15, -0.1) is 0 Å². The van der Waals surface area contributed by atoms with E-state index >= 15 is 0 Å². The van der Waals surface area contributed by atoms with Gasteiger partial charge < -0.3 is 14.9 Å². The van der Waals surface area contributed by atoms with E-state index in [1.165, 1.54) is 16.4 Å². The summed E-state index contributed by atoms with van der Waals surface area (Å²) < 4.78 is 32.2. The van der Waals surface area contributed by atoms with Crippen molar-refractivity contribution in [1.29, 1.82) is 0 Å². The highest BCUT2D eigenvalue weighted by atomic mass is 32.2. The van der Waals surface area contributed by atoms with Gasteiger partial charge in [-0.05, 0) is 31.5 Å². The van der Waals surface area contributed by atoms with Crippen LogP contribution in [0.4, 0.5) is 0 Å². The summed E-state index contributed by atoms with van der Waals surface area (Å²) in [4.78, 5) is 0.145. The zero-order chi connectivity index (χ0) is 15.6. The average molecular weight is 315 g/mol. The van der Waals surface area contributed by atoms with Crippen LogP contribution in [0, 0.1) is 0 Å². The molecule has 1 aromatic rings. The summed E-state index contributed by atoms with van der Waals surface area (Å²) in [5.41, 5.74) is 0.552. The lowest BCUT2D eigenvalue weighted by Gasteiger charge is -2.36. The Bertz CT molecular complexity index is 587. The van der Waals surface area contributed by atoms with Crippen molar-refractivity contribution in [3.63, 3.8) is 0 Å². The van der Waals surface area contributed by atoms with Crippen LogP contribution in [-0.2, 0) is 14.8 Å². The van der Waals surface area contributed by atoms with E-state index in [1.807, 2.05) is 0 Å². The molecule has 0 aromatic heterocycles. The second kappa shape index (κ2) is 6.41. The third-order valence-corrected chi connectivity index (χ3v) is 5.58. The minimum Gasteiger partial charge on any atom is -0.394 e. The van der Waals surface area contributed by atoms with Gasteiger partial charge in [-0.1, -0.05) is 12.1 Å². The summed E-state index contributed by atoms with van der Waals surface area (Å²) in [7, 11) is -3.68. The molecule has 1 aliphatic rings. The van der Waals surface area contributed by atoms with Crippen LogP contribution in [0.2, 0.25) is 0 Å². The first-order valence-corrected chi connectivity index (χ1v) is 8.32. The molecule has 1 aromatic carbocycles. The number of sulfonamides is 1. The van der Waals surface area contributed by atoms with E-state index in [2.05, 4.69) is 0 Å². The Morgan fingerprint density at radius 2 is 2.19 bits per heavy atom. The number of hydrogen-bond acceptors (Lipinski definition) is 5. The Kier molecular flexibility index (Phi) is 5.00. The van der Waals surface area contributed by atoms with E-state index in [1.54, 1.807) is 26.0 Å². The Balaban J connectivity index is 2.34. The Labute approximate surface area is 125 Å². The lowest BCUT2D eigenvalue weighted by Crippen LogP contribution is -2.51. The molecule has 7 heteroatoms. The van der Waals surface area contributed by atoms with Gasteiger partial charge in [0.05, 0.1) is 30.3 Å². The van der Waals surface area contributed by atoms with Crippen molar-refractivity contribution in [2.45, 2.75) is 37.0 Å². The first-order chi connectivity index (χ1) is 9.86. The maximum atomic E-state index is 12.7. The fourth-order valence-corrected chi connectivity index (χ4v) is 4.01. The summed E-state index contributed by atoms with van der Waals surface area (Å²) in [5, 5.41) is 18.8. The largest absolute Gasteiger partial charge is 0.394 e. The number of aliphatic hydroxyl groups is 2. The van der Waals surface area contributed by atoms with E-state index in [0.29, 0.717) is 5.56 Å². The molecule has 6 nitrogen and oxygen atoms in total. The average Bonchev–Trinajstić information content (AvgIpc) is 2.47. The number of benzene rings is 1. The van der Waals surface area contributed by atoms with Crippen LogP contribution < -0.4 is 0 Å². The Morgan fingerprint density at radius 1 is 1.48 bits per heavy atom. The molecule has 1 fully saturated rings. The van der Waals surface area contributed by atoms with E-state index in [4.69, 9.17) is 9.84 Å². The number of aliphatic hydroxyl groups excluding tert-OH is 2. The summed E-state index contributed by atoms with van der Waals surface area (Å²) in [6.45, 7) is 3.51.